The summed E-state index contributed by atoms with van der Waals surface area (Å²) in [6.07, 6.45) is 1.09. The Labute approximate surface area is 131 Å². The minimum Gasteiger partial charge on any atom is -0.312 e. The van der Waals surface area contributed by atoms with Crippen molar-refractivity contribution in [2.75, 3.05) is 40.8 Å². The van der Waals surface area contributed by atoms with Gasteiger partial charge in [-0.15, -0.1) is 0 Å². The quantitative estimate of drug-likeness (QED) is 0.794. The number of hydrogen-bond acceptors (Lipinski definition) is 3. The second-order valence-corrected chi connectivity index (χ2v) is 7.28. The highest BCUT2D eigenvalue weighted by molar-refractivity contribution is 5.22. The van der Waals surface area contributed by atoms with Gasteiger partial charge in [0.1, 0.15) is 0 Å². The Morgan fingerprint density at radius 3 is 2.00 bits per heavy atom. The molecule has 0 aliphatic heterocycles. The van der Waals surface area contributed by atoms with Gasteiger partial charge in [0.15, 0.2) is 0 Å². The van der Waals surface area contributed by atoms with Gasteiger partial charge in [0.2, 0.25) is 0 Å². The van der Waals surface area contributed by atoms with E-state index in [9.17, 15) is 0 Å². The summed E-state index contributed by atoms with van der Waals surface area (Å²) in [5.74, 6) is 0. The van der Waals surface area contributed by atoms with Gasteiger partial charge in [0.25, 0.3) is 0 Å². The van der Waals surface area contributed by atoms with Gasteiger partial charge in [0, 0.05) is 25.2 Å². The molecule has 0 aromatic heterocycles. The highest BCUT2D eigenvalue weighted by Crippen LogP contribution is 2.08. The van der Waals surface area contributed by atoms with Gasteiger partial charge < -0.3 is 15.1 Å². The molecular weight excluding hydrogens is 258 g/mol. The molecule has 120 valence electrons. The Morgan fingerprint density at radius 1 is 0.905 bits per heavy atom. The summed E-state index contributed by atoms with van der Waals surface area (Å²) in [7, 11) is 6.42. The van der Waals surface area contributed by atoms with Crippen LogP contribution in [-0.4, -0.2) is 56.1 Å². The Kier molecular flexibility index (Phi) is 7.36. The lowest BCUT2D eigenvalue weighted by molar-refractivity contribution is 0.276. The van der Waals surface area contributed by atoms with Gasteiger partial charge in [-0.2, -0.15) is 0 Å². The highest BCUT2D eigenvalue weighted by Gasteiger charge is 2.07. The molecule has 1 rings (SSSR count). The Balaban J connectivity index is 2.36. The fraction of sp³-hybridized carbons (Fsp3) is 0.667. The number of likely N-dealkylation sites (N-methyl/N-ethyl adjacent to an activating group) is 2. The first-order chi connectivity index (χ1) is 9.76. The van der Waals surface area contributed by atoms with Crippen LogP contribution in [0.15, 0.2) is 24.3 Å². The molecular formula is C18H33N3. The molecule has 0 atom stereocenters. The highest BCUT2D eigenvalue weighted by atomic mass is 15.1. The van der Waals surface area contributed by atoms with Crippen molar-refractivity contribution in [2.24, 2.45) is 0 Å². The molecule has 0 aliphatic rings. The van der Waals surface area contributed by atoms with Crippen molar-refractivity contribution in [1.82, 2.24) is 15.1 Å². The van der Waals surface area contributed by atoms with Crippen LogP contribution in [0.3, 0.4) is 0 Å². The maximum atomic E-state index is 3.53. The molecule has 3 nitrogen and oxygen atoms in total. The minimum atomic E-state index is 0.203. The van der Waals surface area contributed by atoms with Crippen LogP contribution in [0.5, 0.6) is 0 Å². The van der Waals surface area contributed by atoms with E-state index in [0.717, 1.165) is 32.6 Å². The molecule has 1 aromatic rings. The van der Waals surface area contributed by atoms with Crippen LogP contribution in [0.1, 0.15) is 31.9 Å². The molecule has 1 N–H and O–H groups in total. The van der Waals surface area contributed by atoms with Crippen molar-refractivity contribution < 1.29 is 0 Å². The van der Waals surface area contributed by atoms with E-state index in [1.54, 1.807) is 0 Å². The largest absolute Gasteiger partial charge is 0.312 e. The lowest BCUT2D eigenvalue weighted by atomic mass is 10.1. The van der Waals surface area contributed by atoms with Gasteiger partial charge >= 0.3 is 0 Å². The zero-order valence-electron chi connectivity index (χ0n) is 14.7. The monoisotopic (exact) mass is 291 g/mol. The summed E-state index contributed by atoms with van der Waals surface area (Å²) < 4.78 is 0. The third kappa shape index (κ3) is 8.86. The van der Waals surface area contributed by atoms with Gasteiger partial charge in [-0.05, 0) is 66.0 Å². The maximum absolute atomic E-state index is 3.53. The van der Waals surface area contributed by atoms with E-state index >= 15 is 0 Å². The molecule has 21 heavy (non-hydrogen) atoms. The maximum Gasteiger partial charge on any atom is 0.0231 e. The van der Waals surface area contributed by atoms with Crippen molar-refractivity contribution in [3.8, 4) is 0 Å². The average molecular weight is 291 g/mol. The SMILES string of the molecule is CN(C)CCN(C)Cc1ccc(CCNC(C)(C)C)cc1. The average Bonchev–Trinajstić information content (AvgIpc) is 2.37. The molecule has 0 amide bonds. The first kappa shape index (κ1) is 18.1. The first-order valence-electron chi connectivity index (χ1n) is 7.92. The summed E-state index contributed by atoms with van der Waals surface area (Å²) in [6, 6.07) is 9.05. The minimum absolute atomic E-state index is 0.203. The summed E-state index contributed by atoms with van der Waals surface area (Å²) >= 11 is 0. The smallest absolute Gasteiger partial charge is 0.0231 e. The Hall–Kier alpha value is -0.900. The summed E-state index contributed by atoms with van der Waals surface area (Å²) in [5, 5.41) is 3.53. The van der Waals surface area contributed by atoms with E-state index < -0.39 is 0 Å². The van der Waals surface area contributed by atoms with Crippen molar-refractivity contribution in [2.45, 2.75) is 39.3 Å². The zero-order chi connectivity index (χ0) is 15.9. The van der Waals surface area contributed by atoms with Crippen LogP contribution in [0.4, 0.5) is 0 Å². The second-order valence-electron chi connectivity index (χ2n) is 7.28. The van der Waals surface area contributed by atoms with E-state index in [0.29, 0.717) is 0 Å². The van der Waals surface area contributed by atoms with Crippen LogP contribution < -0.4 is 5.32 Å². The van der Waals surface area contributed by atoms with Gasteiger partial charge in [-0.1, -0.05) is 24.3 Å². The molecule has 0 aliphatic carbocycles. The number of nitrogens with one attached hydrogen (secondary N) is 1. The van der Waals surface area contributed by atoms with E-state index in [1.807, 2.05) is 0 Å². The molecule has 0 saturated heterocycles. The number of rotatable bonds is 8. The van der Waals surface area contributed by atoms with Crippen molar-refractivity contribution >= 4 is 0 Å². The van der Waals surface area contributed by atoms with Gasteiger partial charge in [-0.3, -0.25) is 0 Å². The third-order valence-electron chi connectivity index (χ3n) is 3.47. The first-order valence-corrected chi connectivity index (χ1v) is 7.92. The number of benzene rings is 1. The summed E-state index contributed by atoms with van der Waals surface area (Å²) in [4.78, 5) is 4.60. The lowest BCUT2D eigenvalue weighted by Crippen LogP contribution is -2.37. The molecule has 0 radical (unpaired) electrons. The topological polar surface area (TPSA) is 18.5 Å². The summed E-state index contributed by atoms with van der Waals surface area (Å²) in [5.41, 5.74) is 3.00. The lowest BCUT2D eigenvalue weighted by Gasteiger charge is -2.21. The van der Waals surface area contributed by atoms with Gasteiger partial charge in [0.05, 0.1) is 0 Å². The fourth-order valence-electron chi connectivity index (χ4n) is 2.15. The van der Waals surface area contributed by atoms with Crippen LogP contribution in [-0.2, 0) is 13.0 Å². The van der Waals surface area contributed by atoms with E-state index in [1.165, 1.54) is 11.1 Å². The third-order valence-corrected chi connectivity index (χ3v) is 3.47. The van der Waals surface area contributed by atoms with Gasteiger partial charge in [-0.25, -0.2) is 0 Å². The van der Waals surface area contributed by atoms with Crippen molar-refractivity contribution in [1.29, 1.82) is 0 Å². The molecule has 0 heterocycles. The summed E-state index contributed by atoms with van der Waals surface area (Å²) in [6.45, 7) is 10.9. The van der Waals surface area contributed by atoms with Crippen LogP contribution in [0.25, 0.3) is 0 Å². The van der Waals surface area contributed by atoms with Crippen LogP contribution >= 0.6 is 0 Å². The molecule has 0 saturated carbocycles. The van der Waals surface area contributed by atoms with E-state index in [-0.39, 0.29) is 5.54 Å². The molecule has 0 unspecified atom stereocenters. The van der Waals surface area contributed by atoms with Crippen LogP contribution in [0, 0.1) is 0 Å². The number of hydrogen-bond donors (Lipinski definition) is 1. The zero-order valence-corrected chi connectivity index (χ0v) is 14.7. The normalized spacial score (nSPS) is 12.4. The van der Waals surface area contributed by atoms with E-state index in [2.05, 4.69) is 81.3 Å². The van der Waals surface area contributed by atoms with Crippen LogP contribution in [0.2, 0.25) is 0 Å². The molecule has 1 aromatic carbocycles. The van der Waals surface area contributed by atoms with E-state index in [4.69, 9.17) is 0 Å². The number of nitrogens with zero attached hydrogens (tertiary/aromatic N) is 2. The predicted molar refractivity (Wildman–Crippen MR) is 92.8 cm³/mol. The molecule has 0 bridgehead atoms. The van der Waals surface area contributed by atoms with Crippen molar-refractivity contribution in [3.63, 3.8) is 0 Å². The molecule has 3 heteroatoms. The molecule has 0 fully saturated rings. The predicted octanol–water partition coefficient (Wildman–Crippen LogP) is 2.61. The molecule has 0 spiro atoms. The standard InChI is InChI=1S/C18H33N3/c1-18(2,3)19-12-11-16-7-9-17(10-8-16)15-21(6)14-13-20(4)5/h7-10,19H,11-15H2,1-6H3. The fourth-order valence-corrected chi connectivity index (χ4v) is 2.15. The van der Waals surface area contributed by atoms with Crippen molar-refractivity contribution in [3.05, 3.63) is 35.4 Å². The Morgan fingerprint density at radius 2 is 1.48 bits per heavy atom. The Bertz CT molecular complexity index is 390. The second kappa shape index (κ2) is 8.52.